The predicted octanol–water partition coefficient (Wildman–Crippen LogP) is 2.22. The normalized spacial score (nSPS) is 15.6. The van der Waals surface area contributed by atoms with Crippen LogP contribution in [0.3, 0.4) is 0 Å². The Bertz CT molecular complexity index is 637. The number of halogens is 1. The van der Waals surface area contributed by atoms with E-state index in [1.54, 1.807) is 24.5 Å². The predicted molar refractivity (Wildman–Crippen MR) is 86.7 cm³/mol. The van der Waals surface area contributed by atoms with E-state index in [1.807, 2.05) is 17.0 Å². The summed E-state index contributed by atoms with van der Waals surface area (Å²) in [6.45, 7) is 4.16. The lowest BCUT2D eigenvalue weighted by Crippen LogP contribution is -2.49. The lowest BCUT2D eigenvalue weighted by Gasteiger charge is -2.34. The van der Waals surface area contributed by atoms with Crippen LogP contribution in [0, 0.1) is 5.82 Å². The number of nitrogens with zero attached hydrogens (tertiary/aromatic N) is 3. The number of amides is 1. The Morgan fingerprint density at radius 2 is 1.65 bits per heavy atom. The minimum absolute atomic E-state index is 0.0746. The Morgan fingerprint density at radius 1 is 1.00 bits per heavy atom. The molecule has 0 N–H and O–H groups in total. The van der Waals surface area contributed by atoms with Gasteiger partial charge in [0.2, 0.25) is 0 Å². The van der Waals surface area contributed by atoms with Crippen LogP contribution in [0.5, 0.6) is 0 Å². The minimum atomic E-state index is -0.197. The van der Waals surface area contributed by atoms with Crippen LogP contribution in [-0.2, 0) is 6.42 Å². The van der Waals surface area contributed by atoms with Crippen LogP contribution in [0.2, 0.25) is 0 Å². The maximum atomic E-state index is 12.9. The van der Waals surface area contributed by atoms with E-state index in [4.69, 9.17) is 0 Å². The first-order valence-electron chi connectivity index (χ1n) is 7.88. The monoisotopic (exact) mass is 313 g/mol. The summed E-state index contributed by atoms with van der Waals surface area (Å²) >= 11 is 0. The van der Waals surface area contributed by atoms with Gasteiger partial charge in [-0.15, -0.1) is 0 Å². The van der Waals surface area contributed by atoms with Crippen LogP contribution < -0.4 is 0 Å². The number of hydrogen-bond donors (Lipinski definition) is 0. The first-order chi connectivity index (χ1) is 11.2. The van der Waals surface area contributed by atoms with Gasteiger partial charge in [0.15, 0.2) is 0 Å². The molecular formula is C18H20FN3O. The first kappa shape index (κ1) is 15.6. The van der Waals surface area contributed by atoms with Crippen molar-refractivity contribution in [2.24, 2.45) is 0 Å². The van der Waals surface area contributed by atoms with Crippen molar-refractivity contribution >= 4 is 5.91 Å². The minimum Gasteiger partial charge on any atom is -0.336 e. The molecule has 1 amide bonds. The van der Waals surface area contributed by atoms with Crippen molar-refractivity contribution in [2.45, 2.75) is 6.42 Å². The molecule has 1 aliphatic heterocycles. The van der Waals surface area contributed by atoms with Gasteiger partial charge in [-0.25, -0.2) is 4.39 Å². The summed E-state index contributed by atoms with van der Waals surface area (Å²) in [5, 5.41) is 0. The highest BCUT2D eigenvalue weighted by Crippen LogP contribution is 2.10. The average Bonchev–Trinajstić information content (AvgIpc) is 2.62. The topological polar surface area (TPSA) is 36.4 Å². The van der Waals surface area contributed by atoms with Crippen molar-refractivity contribution < 1.29 is 9.18 Å². The molecule has 0 atom stereocenters. The van der Waals surface area contributed by atoms with Gasteiger partial charge < -0.3 is 4.90 Å². The van der Waals surface area contributed by atoms with Gasteiger partial charge in [-0.3, -0.25) is 14.7 Å². The molecule has 0 radical (unpaired) electrons. The lowest BCUT2D eigenvalue weighted by molar-refractivity contribution is 0.0638. The second-order valence-corrected chi connectivity index (χ2v) is 5.75. The molecular weight excluding hydrogens is 293 g/mol. The number of aromatic nitrogens is 1. The quantitative estimate of drug-likeness (QED) is 0.868. The standard InChI is InChI=1S/C18H20FN3O/c19-17-3-1-15(2-4-17)7-10-21-11-13-22(14-12-21)18(23)16-5-8-20-9-6-16/h1-6,8-9H,7,10-14H2. The van der Waals surface area contributed by atoms with Crippen LogP contribution in [0.4, 0.5) is 4.39 Å². The van der Waals surface area contributed by atoms with E-state index < -0.39 is 0 Å². The zero-order chi connectivity index (χ0) is 16.1. The third kappa shape index (κ3) is 4.13. The maximum absolute atomic E-state index is 12.9. The summed E-state index contributed by atoms with van der Waals surface area (Å²) in [4.78, 5) is 20.5. The van der Waals surface area contributed by atoms with E-state index in [0.717, 1.165) is 44.7 Å². The van der Waals surface area contributed by atoms with Gasteiger partial charge >= 0.3 is 0 Å². The van der Waals surface area contributed by atoms with E-state index in [2.05, 4.69) is 9.88 Å². The van der Waals surface area contributed by atoms with Gasteiger partial charge in [0.25, 0.3) is 5.91 Å². The Balaban J connectivity index is 1.47. The van der Waals surface area contributed by atoms with Gasteiger partial charge in [0.05, 0.1) is 0 Å². The molecule has 0 aliphatic carbocycles. The molecule has 120 valence electrons. The molecule has 0 spiro atoms. The SMILES string of the molecule is O=C(c1ccncc1)N1CCN(CCc2ccc(F)cc2)CC1. The van der Waals surface area contributed by atoms with Crippen molar-refractivity contribution in [2.75, 3.05) is 32.7 Å². The number of carbonyl (C=O) groups is 1. The van der Waals surface area contributed by atoms with E-state index in [-0.39, 0.29) is 11.7 Å². The Morgan fingerprint density at radius 3 is 2.30 bits per heavy atom. The summed E-state index contributed by atoms with van der Waals surface area (Å²) in [6, 6.07) is 10.2. The fourth-order valence-electron chi connectivity index (χ4n) is 2.79. The smallest absolute Gasteiger partial charge is 0.254 e. The second kappa shape index (κ2) is 7.33. The van der Waals surface area contributed by atoms with Crippen LogP contribution in [0.15, 0.2) is 48.8 Å². The average molecular weight is 313 g/mol. The van der Waals surface area contributed by atoms with Gasteiger partial charge in [-0.05, 0) is 36.2 Å². The number of hydrogen-bond acceptors (Lipinski definition) is 3. The third-order valence-corrected chi connectivity index (χ3v) is 4.22. The van der Waals surface area contributed by atoms with E-state index in [9.17, 15) is 9.18 Å². The van der Waals surface area contributed by atoms with Crippen molar-refractivity contribution in [3.63, 3.8) is 0 Å². The van der Waals surface area contributed by atoms with E-state index >= 15 is 0 Å². The molecule has 1 aromatic heterocycles. The van der Waals surface area contributed by atoms with Crippen LogP contribution >= 0.6 is 0 Å². The highest BCUT2D eigenvalue weighted by atomic mass is 19.1. The number of pyridine rings is 1. The zero-order valence-corrected chi connectivity index (χ0v) is 13.0. The summed E-state index contributed by atoms with van der Waals surface area (Å²) in [5.74, 6) is -0.123. The van der Waals surface area contributed by atoms with Crippen LogP contribution in [0.1, 0.15) is 15.9 Å². The van der Waals surface area contributed by atoms with E-state index in [0.29, 0.717) is 5.56 Å². The molecule has 0 bridgehead atoms. The Hall–Kier alpha value is -2.27. The fourth-order valence-corrected chi connectivity index (χ4v) is 2.79. The molecule has 2 aromatic rings. The van der Waals surface area contributed by atoms with Crippen molar-refractivity contribution in [3.05, 3.63) is 65.7 Å². The summed E-state index contributed by atoms with van der Waals surface area (Å²) in [6.07, 6.45) is 4.19. The van der Waals surface area contributed by atoms with Crippen molar-refractivity contribution in [3.8, 4) is 0 Å². The number of carbonyl (C=O) groups excluding carboxylic acids is 1. The molecule has 0 unspecified atom stereocenters. The molecule has 1 aliphatic rings. The highest BCUT2D eigenvalue weighted by molar-refractivity contribution is 5.94. The summed E-state index contributed by atoms with van der Waals surface area (Å²) < 4.78 is 12.9. The maximum Gasteiger partial charge on any atom is 0.254 e. The van der Waals surface area contributed by atoms with Crippen molar-refractivity contribution in [1.82, 2.24) is 14.8 Å². The van der Waals surface area contributed by atoms with Gasteiger partial charge in [-0.1, -0.05) is 12.1 Å². The van der Waals surface area contributed by atoms with Gasteiger partial charge in [-0.2, -0.15) is 0 Å². The largest absolute Gasteiger partial charge is 0.336 e. The first-order valence-corrected chi connectivity index (χ1v) is 7.88. The number of rotatable bonds is 4. The van der Waals surface area contributed by atoms with Crippen LogP contribution in [-0.4, -0.2) is 53.4 Å². The molecule has 0 saturated carbocycles. The highest BCUT2D eigenvalue weighted by Gasteiger charge is 2.21. The molecule has 23 heavy (non-hydrogen) atoms. The van der Waals surface area contributed by atoms with Gasteiger partial charge in [0, 0.05) is 50.7 Å². The van der Waals surface area contributed by atoms with Crippen LogP contribution in [0.25, 0.3) is 0 Å². The molecule has 4 nitrogen and oxygen atoms in total. The summed E-state index contributed by atoms with van der Waals surface area (Å²) in [7, 11) is 0. The number of benzene rings is 1. The van der Waals surface area contributed by atoms with Gasteiger partial charge in [0.1, 0.15) is 5.82 Å². The molecule has 5 heteroatoms. The molecule has 1 aromatic carbocycles. The second-order valence-electron chi connectivity index (χ2n) is 5.75. The molecule has 1 fully saturated rings. The Labute approximate surface area is 135 Å². The molecule has 2 heterocycles. The fraction of sp³-hybridized carbons (Fsp3) is 0.333. The molecule has 3 rings (SSSR count). The Kier molecular flexibility index (Phi) is 4.98. The van der Waals surface area contributed by atoms with Crippen molar-refractivity contribution in [1.29, 1.82) is 0 Å². The lowest BCUT2D eigenvalue weighted by atomic mass is 10.1. The third-order valence-electron chi connectivity index (χ3n) is 4.22. The zero-order valence-electron chi connectivity index (χ0n) is 13.0. The molecule has 1 saturated heterocycles. The van der Waals surface area contributed by atoms with E-state index in [1.165, 1.54) is 12.1 Å². The summed E-state index contributed by atoms with van der Waals surface area (Å²) in [5.41, 5.74) is 1.83. The number of piperazine rings is 1.